The monoisotopic (exact) mass is 450 g/mol. The summed E-state index contributed by atoms with van der Waals surface area (Å²) in [6.45, 7) is 4.16. The molecule has 1 aliphatic heterocycles. The summed E-state index contributed by atoms with van der Waals surface area (Å²) in [4.78, 5) is 39.2. The van der Waals surface area contributed by atoms with Crippen molar-refractivity contribution in [1.29, 1.82) is 0 Å². The van der Waals surface area contributed by atoms with Crippen molar-refractivity contribution >= 4 is 18.0 Å². The van der Waals surface area contributed by atoms with Gasteiger partial charge in [-0.3, -0.25) is 4.79 Å². The molecule has 0 aromatic heterocycles. The highest BCUT2D eigenvalue weighted by Crippen LogP contribution is 2.44. The summed E-state index contributed by atoms with van der Waals surface area (Å²) >= 11 is 0. The number of carbonyl (C=O) groups is 3. The predicted molar refractivity (Wildman–Crippen MR) is 124 cm³/mol. The molecule has 4 rings (SSSR count). The first-order chi connectivity index (χ1) is 15.9. The van der Waals surface area contributed by atoms with Crippen LogP contribution in [0.1, 0.15) is 56.6 Å². The molecule has 2 aliphatic rings. The molecule has 33 heavy (non-hydrogen) atoms. The molecule has 2 N–H and O–H groups in total. The number of ether oxygens (including phenoxy) is 1. The SMILES string of the molecule is CCC(CC)(NC(=O)OCC1c2ccccc2-c2ccccc21)C(=O)N1CCC[C@@H]1C(=O)O. The summed E-state index contributed by atoms with van der Waals surface area (Å²) in [6.07, 6.45) is 1.08. The average Bonchev–Trinajstić information content (AvgIpc) is 3.44. The van der Waals surface area contributed by atoms with Crippen LogP contribution in [0, 0.1) is 0 Å². The second kappa shape index (κ2) is 9.25. The van der Waals surface area contributed by atoms with Gasteiger partial charge in [0, 0.05) is 12.5 Å². The molecule has 174 valence electrons. The number of nitrogens with zero attached hydrogens (tertiary/aromatic N) is 1. The van der Waals surface area contributed by atoms with Gasteiger partial charge in [0.1, 0.15) is 18.2 Å². The number of fused-ring (bicyclic) bond motifs is 3. The fraction of sp³-hybridized carbons (Fsp3) is 0.423. The van der Waals surface area contributed by atoms with Crippen molar-refractivity contribution in [3.8, 4) is 11.1 Å². The van der Waals surface area contributed by atoms with Gasteiger partial charge in [0.15, 0.2) is 0 Å². The van der Waals surface area contributed by atoms with E-state index >= 15 is 0 Å². The van der Waals surface area contributed by atoms with Crippen molar-refractivity contribution < 1.29 is 24.2 Å². The maximum absolute atomic E-state index is 13.4. The van der Waals surface area contributed by atoms with Gasteiger partial charge in [-0.1, -0.05) is 62.4 Å². The molecule has 1 atom stereocenters. The van der Waals surface area contributed by atoms with Gasteiger partial charge in [-0.25, -0.2) is 9.59 Å². The predicted octanol–water partition coefficient (Wildman–Crippen LogP) is 4.16. The highest BCUT2D eigenvalue weighted by atomic mass is 16.5. The van der Waals surface area contributed by atoms with E-state index < -0.39 is 23.6 Å². The molecule has 1 aliphatic carbocycles. The normalized spacial score (nSPS) is 17.4. The lowest BCUT2D eigenvalue weighted by Gasteiger charge is -2.36. The van der Waals surface area contributed by atoms with Crippen LogP contribution in [0.2, 0.25) is 0 Å². The molecule has 0 saturated carbocycles. The highest BCUT2D eigenvalue weighted by molar-refractivity contribution is 5.93. The number of nitrogens with one attached hydrogen (secondary N) is 1. The molecule has 0 unspecified atom stereocenters. The molecule has 0 radical (unpaired) electrons. The van der Waals surface area contributed by atoms with Crippen LogP contribution in [0.3, 0.4) is 0 Å². The minimum absolute atomic E-state index is 0.0773. The van der Waals surface area contributed by atoms with Gasteiger partial charge < -0.3 is 20.1 Å². The van der Waals surface area contributed by atoms with Gasteiger partial charge in [-0.15, -0.1) is 0 Å². The molecule has 7 nitrogen and oxygen atoms in total. The van der Waals surface area contributed by atoms with Crippen LogP contribution in [-0.4, -0.2) is 52.7 Å². The Labute approximate surface area is 193 Å². The largest absolute Gasteiger partial charge is 0.480 e. The number of carbonyl (C=O) groups excluding carboxylic acids is 2. The lowest BCUT2D eigenvalue weighted by molar-refractivity contribution is -0.151. The van der Waals surface area contributed by atoms with Crippen LogP contribution in [0.25, 0.3) is 11.1 Å². The number of hydrogen-bond acceptors (Lipinski definition) is 4. The van der Waals surface area contributed by atoms with Gasteiger partial charge in [0.2, 0.25) is 5.91 Å². The molecule has 1 saturated heterocycles. The molecule has 7 heteroatoms. The minimum atomic E-state index is -1.19. The van der Waals surface area contributed by atoms with Gasteiger partial charge >= 0.3 is 12.1 Å². The first-order valence-electron chi connectivity index (χ1n) is 11.6. The molecule has 1 heterocycles. The molecule has 1 fully saturated rings. The number of carboxylic acids is 1. The zero-order chi connectivity index (χ0) is 23.6. The van der Waals surface area contributed by atoms with Crippen molar-refractivity contribution in [2.24, 2.45) is 0 Å². The zero-order valence-electron chi connectivity index (χ0n) is 19.0. The van der Waals surface area contributed by atoms with E-state index in [9.17, 15) is 19.5 Å². The van der Waals surface area contributed by atoms with Crippen LogP contribution in [0.15, 0.2) is 48.5 Å². The van der Waals surface area contributed by atoms with Crippen molar-refractivity contribution in [2.75, 3.05) is 13.2 Å². The first kappa shape index (κ1) is 22.8. The smallest absolute Gasteiger partial charge is 0.408 e. The van der Waals surface area contributed by atoms with Gasteiger partial charge in [-0.05, 0) is 47.9 Å². The van der Waals surface area contributed by atoms with Crippen molar-refractivity contribution in [3.63, 3.8) is 0 Å². The second-order valence-corrected chi connectivity index (χ2v) is 8.73. The summed E-state index contributed by atoms with van der Waals surface area (Å²) in [7, 11) is 0. The average molecular weight is 451 g/mol. The molecule has 2 aromatic carbocycles. The van der Waals surface area contributed by atoms with Crippen molar-refractivity contribution in [2.45, 2.75) is 57.0 Å². The molecule has 2 aromatic rings. The molecule has 2 amide bonds. The fourth-order valence-electron chi connectivity index (χ4n) is 5.15. The Balaban J connectivity index is 1.48. The van der Waals surface area contributed by atoms with Crippen molar-refractivity contribution in [3.05, 3.63) is 59.7 Å². The van der Waals surface area contributed by atoms with E-state index in [4.69, 9.17) is 4.74 Å². The Hall–Kier alpha value is -3.35. The minimum Gasteiger partial charge on any atom is -0.480 e. The third kappa shape index (κ3) is 4.08. The quantitative estimate of drug-likeness (QED) is 0.660. The standard InChI is InChI=1S/C26H30N2O5/c1-3-26(4-2,24(31)28-15-9-14-22(28)23(29)30)27-25(32)33-16-21-19-12-7-5-10-17(19)18-11-6-8-13-20(18)21/h5-8,10-13,21-22H,3-4,9,14-16H2,1-2H3,(H,27,32)(H,29,30)/t22-/m1/s1. The molecular formula is C26H30N2O5. The number of benzene rings is 2. The van der Waals surface area contributed by atoms with Crippen LogP contribution >= 0.6 is 0 Å². The van der Waals surface area contributed by atoms with E-state index in [1.165, 1.54) is 4.90 Å². The zero-order valence-corrected chi connectivity index (χ0v) is 19.0. The first-order valence-corrected chi connectivity index (χ1v) is 11.6. The number of hydrogen-bond donors (Lipinski definition) is 2. The van der Waals surface area contributed by atoms with Crippen LogP contribution < -0.4 is 5.32 Å². The number of alkyl carbamates (subject to hydrolysis) is 1. The Morgan fingerprint density at radius 3 is 2.15 bits per heavy atom. The van der Waals surface area contributed by atoms with Gasteiger partial charge in [-0.2, -0.15) is 0 Å². The van der Waals surface area contributed by atoms with Crippen LogP contribution in [0.4, 0.5) is 4.79 Å². The maximum Gasteiger partial charge on any atom is 0.408 e. The summed E-state index contributed by atoms with van der Waals surface area (Å²) in [6, 6.07) is 15.3. The second-order valence-electron chi connectivity index (χ2n) is 8.73. The Bertz CT molecular complexity index is 1020. The molecular weight excluding hydrogens is 420 g/mol. The van der Waals surface area contributed by atoms with E-state index in [0.29, 0.717) is 32.2 Å². The van der Waals surface area contributed by atoms with Crippen LogP contribution in [0.5, 0.6) is 0 Å². The number of aliphatic carboxylic acids is 1. The van der Waals surface area contributed by atoms with Crippen LogP contribution in [-0.2, 0) is 14.3 Å². The van der Waals surface area contributed by atoms with E-state index in [-0.39, 0.29) is 18.4 Å². The Morgan fingerprint density at radius 2 is 1.61 bits per heavy atom. The lowest BCUT2D eigenvalue weighted by atomic mass is 9.90. The summed E-state index contributed by atoms with van der Waals surface area (Å²) in [5, 5.41) is 12.3. The third-order valence-corrected chi connectivity index (χ3v) is 7.10. The van der Waals surface area contributed by atoms with Crippen molar-refractivity contribution in [1.82, 2.24) is 10.2 Å². The summed E-state index contributed by atoms with van der Waals surface area (Å²) < 4.78 is 5.65. The summed E-state index contributed by atoms with van der Waals surface area (Å²) in [5.41, 5.74) is 3.31. The summed E-state index contributed by atoms with van der Waals surface area (Å²) in [5.74, 6) is -1.44. The van der Waals surface area contributed by atoms with E-state index in [1.54, 1.807) is 0 Å². The van der Waals surface area contributed by atoms with E-state index in [0.717, 1.165) is 22.3 Å². The Kier molecular flexibility index (Phi) is 6.40. The Morgan fingerprint density at radius 1 is 1.03 bits per heavy atom. The number of amides is 2. The van der Waals surface area contributed by atoms with Gasteiger partial charge in [0.05, 0.1) is 0 Å². The van der Waals surface area contributed by atoms with Gasteiger partial charge in [0.25, 0.3) is 0 Å². The number of likely N-dealkylation sites (tertiary alicyclic amines) is 1. The maximum atomic E-state index is 13.4. The van der Waals surface area contributed by atoms with E-state index in [2.05, 4.69) is 17.4 Å². The molecule has 0 bridgehead atoms. The third-order valence-electron chi connectivity index (χ3n) is 7.10. The topological polar surface area (TPSA) is 95.9 Å². The fourth-order valence-corrected chi connectivity index (χ4v) is 5.15. The lowest BCUT2D eigenvalue weighted by Crippen LogP contribution is -2.60. The van der Waals surface area contributed by atoms with E-state index in [1.807, 2.05) is 50.2 Å². The highest BCUT2D eigenvalue weighted by Gasteiger charge is 2.45. The number of rotatable bonds is 7. The molecule has 0 spiro atoms. The number of carboxylic acid groups (broad SMARTS) is 1.